The number of carboxylic acid groups (broad SMARTS) is 2. The van der Waals surface area contributed by atoms with Gasteiger partial charge in [0.2, 0.25) is 0 Å². The van der Waals surface area contributed by atoms with E-state index < -0.39 is 53.1 Å². The van der Waals surface area contributed by atoms with Gasteiger partial charge in [-0.3, -0.25) is 10.1 Å². The van der Waals surface area contributed by atoms with Crippen molar-refractivity contribution >= 4 is 34.3 Å². The number of fused-ring (bicyclic) bond motifs is 1. The number of ether oxygens (including phenoxy) is 2. The molecule has 0 fully saturated rings. The summed E-state index contributed by atoms with van der Waals surface area (Å²) in [7, 11) is 0. The number of hydrogen-bond acceptors (Lipinski definition) is 10. The molecule has 1 unspecified atom stereocenters. The van der Waals surface area contributed by atoms with E-state index in [-0.39, 0.29) is 36.0 Å². The molecule has 43 heavy (non-hydrogen) atoms. The van der Waals surface area contributed by atoms with Crippen LogP contribution in [-0.4, -0.2) is 63.0 Å². The van der Waals surface area contributed by atoms with Gasteiger partial charge in [0.25, 0.3) is 5.69 Å². The van der Waals surface area contributed by atoms with Crippen molar-refractivity contribution in [2.75, 3.05) is 25.1 Å². The smallest absolute Gasteiger partial charge is 0.488 e. The monoisotopic (exact) mass is 623 g/mol. The van der Waals surface area contributed by atoms with Gasteiger partial charge in [0.05, 0.1) is 22.0 Å². The fraction of sp³-hybridized carbons (Fsp3) is 0.333. The normalized spacial score (nSPS) is 12.1. The maximum Gasteiger partial charge on any atom is 0.490 e. The SMILES string of the molecule is Cc1nc(NC(C)c2cc([N+](=O)[O-])cc(C(F)(F)F)c2)c2cc(OCC(=O)O)c(OCCN)cc2n1.O=C(O)C(F)(F)F. The van der Waals surface area contributed by atoms with Crippen molar-refractivity contribution in [1.29, 1.82) is 0 Å². The zero-order valence-corrected chi connectivity index (χ0v) is 22.1. The first-order valence-electron chi connectivity index (χ1n) is 11.8. The molecule has 0 aliphatic rings. The van der Waals surface area contributed by atoms with Gasteiger partial charge in [0.1, 0.15) is 18.2 Å². The average molecular weight is 623 g/mol. The third-order valence-corrected chi connectivity index (χ3v) is 5.17. The molecular weight excluding hydrogens is 600 g/mol. The largest absolute Gasteiger partial charge is 0.490 e. The van der Waals surface area contributed by atoms with Gasteiger partial charge < -0.3 is 30.7 Å². The third-order valence-electron chi connectivity index (χ3n) is 5.17. The molecule has 2 aromatic carbocycles. The maximum absolute atomic E-state index is 13.3. The van der Waals surface area contributed by atoms with Gasteiger partial charge >= 0.3 is 24.3 Å². The first-order valence-corrected chi connectivity index (χ1v) is 11.8. The number of hydrogen-bond donors (Lipinski definition) is 4. The second-order valence-electron chi connectivity index (χ2n) is 8.49. The number of nitrogens with two attached hydrogens (primary N) is 1. The molecule has 0 amide bonds. The minimum absolute atomic E-state index is 0.00573. The number of carboxylic acids is 2. The number of aryl methyl sites for hydroxylation is 1. The number of non-ortho nitro benzene ring substituents is 1. The van der Waals surface area contributed by atoms with Crippen LogP contribution in [0.25, 0.3) is 10.9 Å². The molecule has 1 aromatic heterocycles. The average Bonchev–Trinajstić information content (AvgIpc) is 2.89. The van der Waals surface area contributed by atoms with Crippen molar-refractivity contribution in [2.45, 2.75) is 32.2 Å². The molecule has 0 aliphatic carbocycles. The molecule has 13 nitrogen and oxygen atoms in total. The van der Waals surface area contributed by atoms with E-state index in [1.165, 1.54) is 19.1 Å². The fourth-order valence-corrected chi connectivity index (χ4v) is 3.34. The Balaban J connectivity index is 0.000000821. The van der Waals surface area contributed by atoms with Crippen LogP contribution in [0.5, 0.6) is 11.5 Å². The minimum Gasteiger partial charge on any atom is -0.488 e. The van der Waals surface area contributed by atoms with Crippen molar-refractivity contribution in [3.63, 3.8) is 0 Å². The van der Waals surface area contributed by atoms with Crippen LogP contribution < -0.4 is 20.5 Å². The highest BCUT2D eigenvalue weighted by Crippen LogP contribution is 2.37. The molecule has 19 heteroatoms. The van der Waals surface area contributed by atoms with Gasteiger partial charge in [-0.15, -0.1) is 0 Å². The predicted molar refractivity (Wildman–Crippen MR) is 136 cm³/mol. The Hall–Kier alpha value is -4.94. The van der Waals surface area contributed by atoms with Gasteiger partial charge in [-0.1, -0.05) is 0 Å². The van der Waals surface area contributed by atoms with E-state index >= 15 is 0 Å². The number of aromatic nitrogens is 2. The second kappa shape index (κ2) is 13.8. The summed E-state index contributed by atoms with van der Waals surface area (Å²) in [5.41, 5.74) is 4.00. The van der Waals surface area contributed by atoms with E-state index in [0.717, 1.165) is 12.1 Å². The lowest BCUT2D eigenvalue weighted by Gasteiger charge is -2.19. The number of halogens is 6. The van der Waals surface area contributed by atoms with Crippen LogP contribution in [0.15, 0.2) is 30.3 Å². The molecule has 3 aromatic rings. The van der Waals surface area contributed by atoms with Crippen molar-refractivity contribution in [2.24, 2.45) is 5.73 Å². The summed E-state index contributed by atoms with van der Waals surface area (Å²) in [6, 6.07) is 4.43. The van der Waals surface area contributed by atoms with E-state index in [0.29, 0.717) is 22.8 Å². The highest BCUT2D eigenvalue weighted by molar-refractivity contribution is 5.92. The number of benzene rings is 2. The van der Waals surface area contributed by atoms with E-state index in [2.05, 4.69) is 15.3 Å². The molecule has 0 saturated heterocycles. The van der Waals surface area contributed by atoms with Crippen LogP contribution in [0.2, 0.25) is 0 Å². The minimum atomic E-state index is -5.08. The quantitative estimate of drug-likeness (QED) is 0.140. The van der Waals surface area contributed by atoms with Gasteiger partial charge in [0.15, 0.2) is 18.1 Å². The first kappa shape index (κ1) is 34.3. The Kier molecular flexibility index (Phi) is 11.0. The van der Waals surface area contributed by atoms with Crippen molar-refractivity contribution in [3.05, 3.63) is 57.4 Å². The second-order valence-corrected chi connectivity index (χ2v) is 8.49. The summed E-state index contributed by atoms with van der Waals surface area (Å²) in [4.78, 5) is 38.8. The number of nitrogens with zero attached hydrogens (tertiary/aromatic N) is 3. The first-order chi connectivity index (χ1) is 19.8. The van der Waals surface area contributed by atoms with Crippen molar-refractivity contribution < 1.29 is 60.5 Å². The van der Waals surface area contributed by atoms with E-state index in [1.807, 2.05) is 0 Å². The number of anilines is 1. The number of rotatable bonds is 10. The molecule has 0 radical (unpaired) electrons. The Morgan fingerprint density at radius 2 is 1.65 bits per heavy atom. The molecule has 1 atom stereocenters. The zero-order valence-electron chi connectivity index (χ0n) is 22.1. The number of alkyl halides is 6. The van der Waals surface area contributed by atoms with Gasteiger partial charge in [-0.25, -0.2) is 19.6 Å². The Labute approximate surface area is 237 Å². The number of carbonyl (C=O) groups is 2. The van der Waals surface area contributed by atoms with Crippen LogP contribution >= 0.6 is 0 Å². The molecule has 234 valence electrons. The van der Waals surface area contributed by atoms with Crippen LogP contribution in [0.4, 0.5) is 37.8 Å². The molecule has 0 bridgehead atoms. The molecule has 0 spiro atoms. The van der Waals surface area contributed by atoms with Crippen LogP contribution in [-0.2, 0) is 15.8 Å². The Bertz CT molecular complexity index is 1500. The van der Waals surface area contributed by atoms with E-state index in [1.54, 1.807) is 6.92 Å². The van der Waals surface area contributed by atoms with Crippen LogP contribution in [0.3, 0.4) is 0 Å². The fourth-order valence-electron chi connectivity index (χ4n) is 3.34. The Morgan fingerprint density at radius 3 is 2.16 bits per heavy atom. The molecule has 0 aliphatic heterocycles. The predicted octanol–water partition coefficient (Wildman–Crippen LogP) is 4.47. The number of nitro benzene ring substituents is 1. The lowest BCUT2D eigenvalue weighted by molar-refractivity contribution is -0.385. The third kappa shape index (κ3) is 9.83. The molecule has 5 N–H and O–H groups in total. The van der Waals surface area contributed by atoms with E-state index in [4.69, 9.17) is 30.2 Å². The number of nitrogens with one attached hydrogen (secondary N) is 1. The van der Waals surface area contributed by atoms with Gasteiger partial charge in [-0.05, 0) is 31.5 Å². The Morgan fingerprint density at radius 1 is 1.05 bits per heavy atom. The topological polar surface area (TPSA) is 200 Å². The van der Waals surface area contributed by atoms with Crippen LogP contribution in [0.1, 0.15) is 29.9 Å². The van der Waals surface area contributed by atoms with Gasteiger partial charge in [-0.2, -0.15) is 26.3 Å². The summed E-state index contributed by atoms with van der Waals surface area (Å²) >= 11 is 0. The lowest BCUT2D eigenvalue weighted by atomic mass is 10.0. The summed E-state index contributed by atoms with van der Waals surface area (Å²) < 4.78 is 82.6. The van der Waals surface area contributed by atoms with Crippen molar-refractivity contribution in [3.8, 4) is 11.5 Å². The number of nitro groups is 1. The van der Waals surface area contributed by atoms with E-state index in [9.17, 15) is 41.3 Å². The molecule has 0 saturated carbocycles. The maximum atomic E-state index is 13.3. The lowest BCUT2D eigenvalue weighted by Crippen LogP contribution is -2.21. The summed E-state index contributed by atoms with van der Waals surface area (Å²) in [6.45, 7) is 2.76. The summed E-state index contributed by atoms with van der Waals surface area (Å²) in [6.07, 6.45) is -9.87. The standard InChI is InChI=1S/C22H22F3N5O6.C2HF3O2/c1-11(13-5-14(22(23,24)25)7-15(6-13)30(33)34)27-21-16-8-18(36-10-20(31)32)19(35-4-3-26)9-17(16)28-12(2)29-21;3-2(4,5)1(6)7/h5-9,11H,3-4,10,26H2,1-2H3,(H,31,32)(H,27,28,29);(H,6,7). The summed E-state index contributed by atoms with van der Waals surface area (Å²) in [5.74, 6) is -3.21. The number of aliphatic carboxylic acids is 2. The highest BCUT2D eigenvalue weighted by atomic mass is 19.4. The zero-order chi connectivity index (χ0) is 32.7. The van der Waals surface area contributed by atoms with Crippen LogP contribution in [0, 0.1) is 17.0 Å². The molecule has 1 heterocycles. The molecule has 3 rings (SSSR count). The molecular formula is C24H23F6N5O8. The van der Waals surface area contributed by atoms with Gasteiger partial charge in [0, 0.05) is 30.1 Å². The van der Waals surface area contributed by atoms with Crippen molar-refractivity contribution in [1.82, 2.24) is 9.97 Å². The highest BCUT2D eigenvalue weighted by Gasteiger charge is 2.38. The summed E-state index contributed by atoms with van der Waals surface area (Å²) in [5, 5.41) is 30.6.